The zero-order valence-corrected chi connectivity index (χ0v) is 12.6. The second-order valence-electron chi connectivity index (χ2n) is 4.95. The maximum Gasteiger partial charge on any atom is 0.224 e. The van der Waals surface area contributed by atoms with E-state index in [0.29, 0.717) is 18.4 Å². The van der Waals surface area contributed by atoms with Crippen molar-refractivity contribution < 1.29 is 15.0 Å². The molecule has 114 valence electrons. The normalized spacial score (nSPS) is 11.0. The van der Waals surface area contributed by atoms with Crippen molar-refractivity contribution >= 4 is 17.5 Å². The number of rotatable bonds is 8. The van der Waals surface area contributed by atoms with E-state index in [-0.39, 0.29) is 29.6 Å². The lowest BCUT2D eigenvalue weighted by Gasteiger charge is -2.25. The molecule has 1 rings (SSSR count). The molecule has 0 aliphatic heterocycles. The molecular formula is C16H20ClNO3. The van der Waals surface area contributed by atoms with Crippen LogP contribution in [0.3, 0.4) is 0 Å². The predicted octanol–water partition coefficient (Wildman–Crippen LogP) is 2.59. The van der Waals surface area contributed by atoms with Gasteiger partial charge in [-0.15, -0.1) is 13.2 Å². The number of aliphatic hydroxyl groups is 1. The van der Waals surface area contributed by atoms with E-state index in [2.05, 4.69) is 18.5 Å². The van der Waals surface area contributed by atoms with Crippen molar-refractivity contribution in [2.45, 2.75) is 24.9 Å². The Morgan fingerprint density at radius 1 is 1.33 bits per heavy atom. The minimum absolute atomic E-state index is 0.0211. The maximum absolute atomic E-state index is 11.9. The van der Waals surface area contributed by atoms with Gasteiger partial charge < -0.3 is 15.5 Å². The van der Waals surface area contributed by atoms with Crippen LogP contribution in [-0.2, 0) is 11.2 Å². The lowest BCUT2D eigenvalue weighted by molar-refractivity contribution is -0.121. The highest BCUT2D eigenvalue weighted by Crippen LogP contribution is 2.23. The SMILES string of the molecule is C=CCC(O)(CC=C)CNC(=O)Cc1ccc(O)c(Cl)c1. The summed E-state index contributed by atoms with van der Waals surface area (Å²) in [6.07, 6.45) is 4.07. The smallest absolute Gasteiger partial charge is 0.224 e. The van der Waals surface area contributed by atoms with Crippen LogP contribution in [0.5, 0.6) is 5.75 Å². The monoisotopic (exact) mass is 309 g/mol. The quantitative estimate of drug-likeness (QED) is 0.646. The molecule has 3 N–H and O–H groups in total. The first-order valence-electron chi connectivity index (χ1n) is 6.58. The summed E-state index contributed by atoms with van der Waals surface area (Å²) in [6, 6.07) is 4.60. The van der Waals surface area contributed by atoms with Crippen LogP contribution in [0.4, 0.5) is 0 Å². The van der Waals surface area contributed by atoms with Gasteiger partial charge >= 0.3 is 0 Å². The zero-order valence-electron chi connectivity index (χ0n) is 11.8. The number of phenols is 1. The van der Waals surface area contributed by atoms with Crippen LogP contribution in [0, 0.1) is 0 Å². The summed E-state index contributed by atoms with van der Waals surface area (Å²) in [4.78, 5) is 11.9. The number of carbonyl (C=O) groups is 1. The number of phenolic OH excluding ortho intramolecular Hbond substituents is 1. The molecule has 0 heterocycles. The molecule has 21 heavy (non-hydrogen) atoms. The average molecular weight is 310 g/mol. The third-order valence-electron chi connectivity index (χ3n) is 3.04. The highest BCUT2D eigenvalue weighted by atomic mass is 35.5. The van der Waals surface area contributed by atoms with Crippen LogP contribution in [0.2, 0.25) is 5.02 Å². The molecule has 0 atom stereocenters. The van der Waals surface area contributed by atoms with Gasteiger partial charge in [0.25, 0.3) is 0 Å². The largest absolute Gasteiger partial charge is 0.506 e. The average Bonchev–Trinajstić information content (AvgIpc) is 2.41. The Morgan fingerprint density at radius 2 is 1.95 bits per heavy atom. The van der Waals surface area contributed by atoms with Gasteiger partial charge in [-0.1, -0.05) is 29.8 Å². The highest BCUT2D eigenvalue weighted by Gasteiger charge is 2.24. The van der Waals surface area contributed by atoms with Crippen molar-refractivity contribution in [1.82, 2.24) is 5.32 Å². The van der Waals surface area contributed by atoms with Crippen molar-refractivity contribution in [2.24, 2.45) is 0 Å². The number of nitrogens with one attached hydrogen (secondary N) is 1. The number of halogens is 1. The Hall–Kier alpha value is -1.78. The minimum Gasteiger partial charge on any atom is -0.506 e. The molecule has 0 fully saturated rings. The van der Waals surface area contributed by atoms with E-state index in [0.717, 1.165) is 0 Å². The standard InChI is InChI=1S/C16H20ClNO3/c1-3-7-16(21,8-4-2)11-18-15(20)10-12-5-6-14(19)13(17)9-12/h3-6,9,19,21H,1-2,7-8,10-11H2,(H,18,20). The van der Waals surface area contributed by atoms with E-state index in [1.807, 2.05) is 0 Å². The van der Waals surface area contributed by atoms with Crippen molar-refractivity contribution in [3.8, 4) is 5.75 Å². The molecule has 4 nitrogen and oxygen atoms in total. The molecule has 0 saturated heterocycles. The summed E-state index contributed by atoms with van der Waals surface area (Å²) < 4.78 is 0. The van der Waals surface area contributed by atoms with Gasteiger partial charge in [-0.25, -0.2) is 0 Å². The zero-order chi connectivity index (χ0) is 15.9. The topological polar surface area (TPSA) is 69.6 Å². The molecule has 1 aromatic carbocycles. The number of hydrogen-bond acceptors (Lipinski definition) is 3. The molecule has 0 unspecified atom stereocenters. The molecule has 1 amide bonds. The Labute approximate surface area is 129 Å². The van der Waals surface area contributed by atoms with Crippen molar-refractivity contribution in [2.75, 3.05) is 6.54 Å². The fraction of sp³-hybridized carbons (Fsp3) is 0.312. The van der Waals surface area contributed by atoms with Gasteiger partial charge in [-0.05, 0) is 30.5 Å². The summed E-state index contributed by atoms with van der Waals surface area (Å²) in [5.41, 5.74) is -0.377. The lowest BCUT2D eigenvalue weighted by atomic mass is 9.95. The van der Waals surface area contributed by atoms with E-state index in [1.165, 1.54) is 12.1 Å². The number of hydrogen-bond donors (Lipinski definition) is 3. The van der Waals surface area contributed by atoms with E-state index in [4.69, 9.17) is 11.6 Å². The van der Waals surface area contributed by atoms with E-state index in [1.54, 1.807) is 18.2 Å². The minimum atomic E-state index is -1.06. The second kappa shape index (κ2) is 7.86. The summed E-state index contributed by atoms with van der Waals surface area (Å²) in [7, 11) is 0. The summed E-state index contributed by atoms with van der Waals surface area (Å²) in [6.45, 7) is 7.31. The number of amides is 1. The van der Waals surface area contributed by atoms with Crippen LogP contribution < -0.4 is 5.32 Å². The summed E-state index contributed by atoms with van der Waals surface area (Å²) in [5, 5.41) is 22.5. The van der Waals surface area contributed by atoms with Crippen LogP contribution in [0.1, 0.15) is 18.4 Å². The van der Waals surface area contributed by atoms with Gasteiger partial charge in [0, 0.05) is 6.54 Å². The molecule has 0 aliphatic rings. The molecular weight excluding hydrogens is 290 g/mol. The summed E-state index contributed by atoms with van der Waals surface area (Å²) >= 11 is 5.79. The fourth-order valence-corrected chi connectivity index (χ4v) is 2.14. The molecule has 0 aromatic heterocycles. The molecule has 5 heteroatoms. The van der Waals surface area contributed by atoms with Crippen LogP contribution in [-0.4, -0.2) is 28.3 Å². The molecule has 1 aromatic rings. The van der Waals surface area contributed by atoms with Crippen molar-refractivity contribution in [3.05, 3.63) is 54.1 Å². The molecule has 0 radical (unpaired) electrons. The molecule has 0 bridgehead atoms. The Balaban J connectivity index is 2.58. The van der Waals surface area contributed by atoms with Crippen LogP contribution in [0.25, 0.3) is 0 Å². The van der Waals surface area contributed by atoms with E-state index >= 15 is 0 Å². The van der Waals surface area contributed by atoms with Gasteiger partial charge in [0.05, 0.1) is 17.0 Å². The number of carbonyl (C=O) groups excluding carboxylic acids is 1. The summed E-state index contributed by atoms with van der Waals surface area (Å²) in [5.74, 6) is -0.254. The van der Waals surface area contributed by atoms with Gasteiger partial charge in [0.15, 0.2) is 0 Å². The van der Waals surface area contributed by atoms with Gasteiger partial charge in [0.1, 0.15) is 5.75 Å². The van der Waals surface area contributed by atoms with Gasteiger partial charge in [-0.3, -0.25) is 4.79 Å². The fourth-order valence-electron chi connectivity index (χ4n) is 1.94. The second-order valence-corrected chi connectivity index (χ2v) is 5.36. The van der Waals surface area contributed by atoms with Crippen LogP contribution >= 0.6 is 11.6 Å². The predicted molar refractivity (Wildman–Crippen MR) is 84.4 cm³/mol. The highest BCUT2D eigenvalue weighted by molar-refractivity contribution is 6.32. The molecule has 0 spiro atoms. The molecule has 0 aliphatic carbocycles. The van der Waals surface area contributed by atoms with E-state index in [9.17, 15) is 15.0 Å². The van der Waals surface area contributed by atoms with Gasteiger partial charge in [0.2, 0.25) is 5.91 Å². The Kier molecular flexibility index (Phi) is 6.46. The van der Waals surface area contributed by atoms with Crippen molar-refractivity contribution in [3.63, 3.8) is 0 Å². The third kappa shape index (κ3) is 5.61. The first kappa shape index (κ1) is 17.3. The maximum atomic E-state index is 11.9. The van der Waals surface area contributed by atoms with E-state index < -0.39 is 5.60 Å². The Bertz CT molecular complexity index is 518. The first-order chi connectivity index (χ1) is 9.90. The first-order valence-corrected chi connectivity index (χ1v) is 6.96. The van der Waals surface area contributed by atoms with Crippen LogP contribution in [0.15, 0.2) is 43.5 Å². The van der Waals surface area contributed by atoms with Crippen molar-refractivity contribution in [1.29, 1.82) is 0 Å². The Morgan fingerprint density at radius 3 is 2.48 bits per heavy atom. The van der Waals surface area contributed by atoms with Gasteiger partial charge in [-0.2, -0.15) is 0 Å². The third-order valence-corrected chi connectivity index (χ3v) is 3.34. The lowest BCUT2D eigenvalue weighted by Crippen LogP contribution is -2.42. The molecule has 0 saturated carbocycles. The number of benzene rings is 1. The number of aromatic hydroxyl groups is 1.